The zero-order valence-corrected chi connectivity index (χ0v) is 25.4. The highest BCUT2D eigenvalue weighted by Gasteiger charge is 2.63. The first-order valence-corrected chi connectivity index (χ1v) is 17.9. The largest absolute Gasteiger partial charge is 0.414 e. The van der Waals surface area contributed by atoms with Gasteiger partial charge in [0.25, 0.3) is 0 Å². The molecule has 4 aliphatic carbocycles. The van der Waals surface area contributed by atoms with Crippen molar-refractivity contribution in [3.63, 3.8) is 0 Å². The molecule has 1 heterocycles. The van der Waals surface area contributed by atoms with Gasteiger partial charge >= 0.3 is 0 Å². The van der Waals surface area contributed by atoms with Crippen LogP contribution in [0.25, 0.3) is 0 Å². The molecule has 0 amide bonds. The molecule has 0 radical (unpaired) electrons. The lowest BCUT2D eigenvalue weighted by Crippen LogP contribution is -2.56. The Bertz CT molecular complexity index is 939. The van der Waals surface area contributed by atoms with E-state index in [2.05, 4.69) is 65.7 Å². The van der Waals surface area contributed by atoms with Crippen molar-refractivity contribution in [2.24, 2.45) is 40.4 Å². The summed E-state index contributed by atoms with van der Waals surface area (Å²) in [5.41, 5.74) is 0.897. The second kappa shape index (κ2) is 8.91. The van der Waals surface area contributed by atoms with Crippen LogP contribution in [0.4, 0.5) is 0 Å². The number of aliphatic hydroxyl groups is 1. The van der Waals surface area contributed by atoms with Gasteiger partial charge in [0.15, 0.2) is 8.32 Å². The van der Waals surface area contributed by atoms with Crippen molar-refractivity contribution in [3.05, 3.63) is 30.1 Å². The highest BCUT2D eigenvalue weighted by Crippen LogP contribution is 2.69. The van der Waals surface area contributed by atoms with E-state index in [1.807, 2.05) is 18.5 Å². The van der Waals surface area contributed by atoms with Crippen molar-refractivity contribution >= 4 is 8.32 Å². The van der Waals surface area contributed by atoms with Gasteiger partial charge in [-0.2, -0.15) is 0 Å². The van der Waals surface area contributed by atoms with Gasteiger partial charge in [0.05, 0.1) is 5.60 Å². The second-order valence-corrected chi connectivity index (χ2v) is 20.3. The van der Waals surface area contributed by atoms with E-state index < -0.39 is 13.9 Å². The lowest BCUT2D eigenvalue weighted by atomic mass is 9.44. The van der Waals surface area contributed by atoms with E-state index in [-0.39, 0.29) is 10.5 Å². The van der Waals surface area contributed by atoms with E-state index in [1.165, 1.54) is 51.4 Å². The molecular formula is C32H53NO2Si. The number of nitrogens with zero attached hydrogens (tertiary/aromatic N) is 1. The molecule has 1 aromatic heterocycles. The van der Waals surface area contributed by atoms with Crippen LogP contribution in [0.15, 0.2) is 24.5 Å². The van der Waals surface area contributed by atoms with Crippen molar-refractivity contribution in [1.29, 1.82) is 0 Å². The number of hydrogen-bond donors (Lipinski definition) is 1. The third-order valence-electron chi connectivity index (χ3n) is 12.8. The van der Waals surface area contributed by atoms with Gasteiger partial charge in [-0.25, -0.2) is 0 Å². The van der Waals surface area contributed by atoms with Crippen molar-refractivity contribution in [1.82, 2.24) is 4.98 Å². The topological polar surface area (TPSA) is 42.4 Å². The van der Waals surface area contributed by atoms with Gasteiger partial charge in [-0.05, 0) is 129 Å². The lowest BCUT2D eigenvalue weighted by molar-refractivity contribution is -0.144. The van der Waals surface area contributed by atoms with Crippen molar-refractivity contribution < 1.29 is 9.53 Å². The fourth-order valence-electron chi connectivity index (χ4n) is 9.71. The number of aromatic nitrogens is 1. The molecule has 2 unspecified atom stereocenters. The van der Waals surface area contributed by atoms with Crippen LogP contribution < -0.4 is 0 Å². The first-order chi connectivity index (χ1) is 16.7. The summed E-state index contributed by atoms with van der Waals surface area (Å²) in [6.07, 6.45) is 15.9. The molecule has 4 aliphatic rings. The van der Waals surface area contributed by atoms with E-state index in [0.29, 0.717) is 17.4 Å². The fraction of sp³-hybridized carbons (Fsp3) is 0.844. The van der Waals surface area contributed by atoms with E-state index in [9.17, 15) is 5.11 Å². The molecule has 3 nitrogen and oxygen atoms in total. The third kappa shape index (κ3) is 4.16. The Morgan fingerprint density at radius 3 is 2.31 bits per heavy atom. The highest BCUT2D eigenvalue weighted by atomic mass is 28.4. The van der Waals surface area contributed by atoms with Crippen LogP contribution in [-0.4, -0.2) is 24.5 Å². The smallest absolute Gasteiger partial charge is 0.192 e. The molecule has 9 atom stereocenters. The quantitative estimate of drug-likeness (QED) is 0.413. The summed E-state index contributed by atoms with van der Waals surface area (Å²) in [4.78, 5) is 4.34. The Kier molecular flexibility index (Phi) is 6.65. The van der Waals surface area contributed by atoms with Crippen LogP contribution in [0.5, 0.6) is 0 Å². The van der Waals surface area contributed by atoms with E-state index >= 15 is 0 Å². The molecule has 0 saturated heterocycles. The van der Waals surface area contributed by atoms with E-state index in [1.54, 1.807) is 0 Å². The second-order valence-electron chi connectivity index (χ2n) is 15.5. The van der Waals surface area contributed by atoms with Gasteiger partial charge in [-0.15, -0.1) is 0 Å². The third-order valence-corrected chi connectivity index (χ3v) is 17.3. The van der Waals surface area contributed by atoms with Crippen molar-refractivity contribution in [3.8, 4) is 0 Å². The van der Waals surface area contributed by atoms with Gasteiger partial charge < -0.3 is 9.53 Å². The fourth-order valence-corrected chi connectivity index (χ4v) is 11.1. The molecule has 0 aromatic carbocycles. The summed E-state index contributed by atoms with van der Waals surface area (Å²) in [6, 6.07) is 4.05. The molecule has 36 heavy (non-hydrogen) atoms. The average molecular weight is 512 g/mol. The molecule has 4 fully saturated rings. The van der Waals surface area contributed by atoms with Gasteiger partial charge in [0.2, 0.25) is 0 Å². The van der Waals surface area contributed by atoms with Gasteiger partial charge in [0, 0.05) is 24.1 Å². The molecule has 0 spiro atoms. The van der Waals surface area contributed by atoms with Crippen molar-refractivity contribution in [2.75, 3.05) is 0 Å². The van der Waals surface area contributed by atoms with Crippen LogP contribution in [0, 0.1) is 40.4 Å². The predicted octanol–water partition coefficient (Wildman–Crippen LogP) is 8.34. The first kappa shape index (κ1) is 26.9. The SMILES string of the molecule is CC(O)(c1cccnc1)[C@H]1CC[C@H]2[C@@H]3CCC4C[C@@H](O[Si](C)(C)C(C)(C)C)CC[C@]4(C)[C@H]3CC[C@]12C. The number of fused-ring (bicyclic) bond motifs is 5. The predicted molar refractivity (Wildman–Crippen MR) is 151 cm³/mol. The summed E-state index contributed by atoms with van der Waals surface area (Å²) in [6.45, 7) is 19.2. The minimum atomic E-state index is -1.72. The zero-order valence-electron chi connectivity index (χ0n) is 24.4. The monoisotopic (exact) mass is 511 g/mol. The van der Waals surface area contributed by atoms with Crippen LogP contribution >= 0.6 is 0 Å². The maximum atomic E-state index is 11.9. The highest BCUT2D eigenvalue weighted by molar-refractivity contribution is 6.74. The minimum absolute atomic E-state index is 0.229. The molecule has 4 saturated carbocycles. The normalized spacial score (nSPS) is 42.7. The summed E-state index contributed by atoms with van der Waals surface area (Å²) in [5.74, 6) is 3.58. The van der Waals surface area contributed by atoms with Crippen molar-refractivity contribution in [2.45, 2.75) is 129 Å². The lowest BCUT2D eigenvalue weighted by Gasteiger charge is -2.62. The van der Waals surface area contributed by atoms with Crippen LogP contribution in [0.3, 0.4) is 0 Å². The Balaban J connectivity index is 1.32. The Morgan fingerprint density at radius 1 is 0.944 bits per heavy atom. The maximum absolute atomic E-state index is 11.9. The maximum Gasteiger partial charge on any atom is 0.192 e. The molecule has 4 heteroatoms. The van der Waals surface area contributed by atoms with Crippen LogP contribution in [0.1, 0.15) is 105 Å². The number of hydrogen-bond acceptors (Lipinski definition) is 3. The molecular weight excluding hydrogens is 458 g/mol. The van der Waals surface area contributed by atoms with Gasteiger partial charge in [-0.1, -0.05) is 40.7 Å². The van der Waals surface area contributed by atoms with Crippen LogP contribution in [0.2, 0.25) is 18.1 Å². The Morgan fingerprint density at radius 2 is 1.64 bits per heavy atom. The standard InChI is InChI=1S/C32H53NO2Si/c1-29(2,3)36(7,8)35-24-15-17-30(4)22(20-24)11-12-25-26-13-14-28(31(26,5)18-16-27(25)30)32(6,34)23-10-9-19-33-21-23/h9-10,19,21-22,24-28,34H,11-18,20H2,1-8H3/t22?,24-,25-,26-,27-,28-,30-,31-,32?/m0/s1. The molecule has 1 aromatic rings. The molecule has 0 aliphatic heterocycles. The van der Waals surface area contributed by atoms with Gasteiger partial charge in [-0.3, -0.25) is 4.98 Å². The molecule has 202 valence electrons. The summed E-state index contributed by atoms with van der Waals surface area (Å²) >= 11 is 0. The molecule has 5 rings (SSSR count). The summed E-state index contributed by atoms with van der Waals surface area (Å²) in [5, 5.41) is 12.1. The van der Waals surface area contributed by atoms with E-state index in [0.717, 1.165) is 35.7 Å². The van der Waals surface area contributed by atoms with Gasteiger partial charge in [0.1, 0.15) is 0 Å². The molecule has 0 bridgehead atoms. The first-order valence-electron chi connectivity index (χ1n) is 15.0. The number of pyridine rings is 1. The zero-order chi connectivity index (χ0) is 26.1. The Labute approximate surface area is 222 Å². The number of rotatable bonds is 4. The average Bonchev–Trinajstić information content (AvgIpc) is 3.17. The van der Waals surface area contributed by atoms with Crippen LogP contribution in [-0.2, 0) is 10.0 Å². The van der Waals surface area contributed by atoms with E-state index in [4.69, 9.17) is 4.43 Å². The summed E-state index contributed by atoms with van der Waals surface area (Å²) in [7, 11) is -1.72. The Hall–Kier alpha value is -0.713. The minimum Gasteiger partial charge on any atom is -0.414 e. The molecule has 1 N–H and O–H groups in total. The summed E-state index contributed by atoms with van der Waals surface area (Å²) < 4.78 is 6.96.